The quantitative estimate of drug-likeness (QED) is 0.770. The predicted molar refractivity (Wildman–Crippen MR) is 63.2 cm³/mol. The van der Waals surface area contributed by atoms with Crippen molar-refractivity contribution in [3.8, 4) is 22.9 Å². The van der Waals surface area contributed by atoms with Crippen LogP contribution in [0.4, 0.5) is 17.6 Å². The second-order valence-electron chi connectivity index (χ2n) is 3.87. The molecule has 20 heavy (non-hydrogen) atoms. The van der Waals surface area contributed by atoms with E-state index in [-0.39, 0.29) is 11.1 Å². The molecule has 2 aromatic rings. The molecular formula is C14H7F4NO. The van der Waals surface area contributed by atoms with Crippen LogP contribution >= 0.6 is 0 Å². The van der Waals surface area contributed by atoms with Crippen molar-refractivity contribution in [1.82, 2.24) is 0 Å². The van der Waals surface area contributed by atoms with E-state index in [1.54, 1.807) is 0 Å². The highest BCUT2D eigenvalue weighted by Crippen LogP contribution is 2.30. The Kier molecular flexibility index (Phi) is 3.61. The molecule has 6 heteroatoms. The van der Waals surface area contributed by atoms with Crippen LogP contribution in [0.25, 0.3) is 11.1 Å². The number of nitrogens with zero attached hydrogens (tertiary/aromatic N) is 1. The number of hydrogen-bond acceptors (Lipinski definition) is 2. The minimum absolute atomic E-state index is 0.172. The predicted octanol–water partition coefficient (Wildman–Crippen LogP) is 4.26. The van der Waals surface area contributed by atoms with Gasteiger partial charge in [0.25, 0.3) is 0 Å². The van der Waals surface area contributed by atoms with Gasteiger partial charge < -0.3 is 4.74 Å². The normalized spacial score (nSPS) is 10.9. The smallest absolute Gasteiger partial charge is 0.406 e. The first kappa shape index (κ1) is 13.9. The van der Waals surface area contributed by atoms with Gasteiger partial charge >= 0.3 is 6.36 Å². The van der Waals surface area contributed by atoms with Crippen LogP contribution < -0.4 is 4.74 Å². The molecule has 0 amide bonds. The Labute approximate surface area is 111 Å². The monoisotopic (exact) mass is 281 g/mol. The van der Waals surface area contributed by atoms with Crippen LogP contribution in [0.5, 0.6) is 5.75 Å². The van der Waals surface area contributed by atoms with Gasteiger partial charge in [-0.2, -0.15) is 5.26 Å². The third-order valence-electron chi connectivity index (χ3n) is 2.50. The Morgan fingerprint density at radius 2 is 1.65 bits per heavy atom. The lowest BCUT2D eigenvalue weighted by atomic mass is 10.00. The molecule has 0 unspecified atom stereocenters. The summed E-state index contributed by atoms with van der Waals surface area (Å²) >= 11 is 0. The van der Waals surface area contributed by atoms with Gasteiger partial charge in [-0.15, -0.1) is 13.2 Å². The maximum Gasteiger partial charge on any atom is 0.573 e. The Bertz CT molecular complexity index is 656. The molecule has 0 aliphatic carbocycles. The first-order valence-corrected chi connectivity index (χ1v) is 5.45. The van der Waals surface area contributed by atoms with E-state index in [4.69, 9.17) is 5.26 Å². The van der Waals surface area contributed by atoms with Crippen LogP contribution in [0.2, 0.25) is 0 Å². The fourth-order valence-corrected chi connectivity index (χ4v) is 1.69. The molecule has 2 aromatic carbocycles. The largest absolute Gasteiger partial charge is 0.573 e. The van der Waals surface area contributed by atoms with Crippen molar-refractivity contribution in [2.24, 2.45) is 0 Å². The van der Waals surface area contributed by atoms with E-state index in [0.717, 1.165) is 24.3 Å². The highest BCUT2D eigenvalue weighted by molar-refractivity contribution is 5.71. The molecule has 2 rings (SSSR count). The molecule has 0 fully saturated rings. The highest BCUT2D eigenvalue weighted by atomic mass is 19.4. The molecule has 0 saturated heterocycles. The van der Waals surface area contributed by atoms with Crippen molar-refractivity contribution in [2.45, 2.75) is 6.36 Å². The van der Waals surface area contributed by atoms with Gasteiger partial charge in [0.15, 0.2) is 0 Å². The molecule has 102 valence electrons. The second kappa shape index (κ2) is 5.21. The highest BCUT2D eigenvalue weighted by Gasteiger charge is 2.31. The molecule has 0 saturated carbocycles. The lowest BCUT2D eigenvalue weighted by Gasteiger charge is -2.11. The molecule has 0 heterocycles. The van der Waals surface area contributed by atoms with Crippen molar-refractivity contribution < 1.29 is 22.3 Å². The number of alkyl halides is 3. The lowest BCUT2D eigenvalue weighted by Crippen LogP contribution is -2.17. The molecule has 2 nitrogen and oxygen atoms in total. The zero-order chi connectivity index (χ0) is 14.8. The Morgan fingerprint density at radius 1 is 1.00 bits per heavy atom. The molecule has 0 bridgehead atoms. The number of hydrogen-bond donors (Lipinski definition) is 0. The Morgan fingerprint density at radius 3 is 2.20 bits per heavy atom. The summed E-state index contributed by atoms with van der Waals surface area (Å²) < 4.78 is 53.2. The zero-order valence-corrected chi connectivity index (χ0v) is 9.91. The van der Waals surface area contributed by atoms with Crippen LogP contribution in [0.3, 0.4) is 0 Å². The average molecular weight is 281 g/mol. The van der Waals surface area contributed by atoms with Gasteiger partial charge in [0.2, 0.25) is 0 Å². The summed E-state index contributed by atoms with van der Waals surface area (Å²) in [4.78, 5) is 0. The van der Waals surface area contributed by atoms with Crippen molar-refractivity contribution in [3.63, 3.8) is 0 Å². The van der Waals surface area contributed by atoms with Crippen LogP contribution in [-0.4, -0.2) is 6.36 Å². The number of halogens is 4. The SMILES string of the molecule is N#Cc1ccc(OC(F)(F)F)cc1-c1ccc(F)cc1. The third-order valence-corrected chi connectivity index (χ3v) is 2.50. The van der Waals surface area contributed by atoms with E-state index in [1.807, 2.05) is 6.07 Å². The standard InChI is InChI=1S/C14H7F4NO/c15-11-4-1-9(2-5-11)13-7-12(20-14(16,17)18)6-3-10(13)8-19/h1-7H. The summed E-state index contributed by atoms with van der Waals surface area (Å²) in [5.74, 6) is -0.911. The minimum Gasteiger partial charge on any atom is -0.406 e. The zero-order valence-electron chi connectivity index (χ0n) is 9.91. The maximum atomic E-state index is 12.8. The number of rotatable bonds is 2. The average Bonchev–Trinajstić information content (AvgIpc) is 2.38. The summed E-state index contributed by atoms with van der Waals surface area (Å²) in [7, 11) is 0. The van der Waals surface area contributed by atoms with Crippen molar-refractivity contribution in [1.29, 1.82) is 5.26 Å². The van der Waals surface area contributed by atoms with E-state index in [9.17, 15) is 17.6 Å². The summed E-state index contributed by atoms with van der Waals surface area (Å²) in [5.41, 5.74) is 0.843. The van der Waals surface area contributed by atoms with E-state index in [1.165, 1.54) is 18.2 Å². The van der Waals surface area contributed by atoms with Gasteiger partial charge in [-0.05, 0) is 35.9 Å². The van der Waals surface area contributed by atoms with Gasteiger partial charge in [0, 0.05) is 5.56 Å². The summed E-state index contributed by atoms with van der Waals surface area (Å²) in [6, 6.07) is 10.3. The summed E-state index contributed by atoms with van der Waals surface area (Å²) in [6.45, 7) is 0. The molecule has 0 atom stereocenters. The molecular weight excluding hydrogens is 274 g/mol. The lowest BCUT2D eigenvalue weighted by molar-refractivity contribution is -0.274. The number of benzene rings is 2. The fraction of sp³-hybridized carbons (Fsp3) is 0.0714. The summed E-state index contributed by atoms with van der Waals surface area (Å²) in [5, 5.41) is 8.97. The van der Waals surface area contributed by atoms with Crippen molar-refractivity contribution >= 4 is 0 Å². The minimum atomic E-state index is -4.81. The molecule has 0 aliphatic rings. The van der Waals surface area contributed by atoms with E-state index in [0.29, 0.717) is 5.56 Å². The van der Waals surface area contributed by atoms with Gasteiger partial charge in [-0.1, -0.05) is 12.1 Å². The molecule has 0 radical (unpaired) electrons. The van der Waals surface area contributed by atoms with Crippen molar-refractivity contribution in [3.05, 3.63) is 53.8 Å². The van der Waals surface area contributed by atoms with Gasteiger partial charge in [0.1, 0.15) is 11.6 Å². The molecule has 0 aliphatic heterocycles. The number of ether oxygens (including phenoxy) is 1. The third kappa shape index (κ3) is 3.26. The Balaban J connectivity index is 2.47. The molecule has 0 spiro atoms. The van der Waals surface area contributed by atoms with Crippen LogP contribution in [0, 0.1) is 17.1 Å². The first-order valence-electron chi connectivity index (χ1n) is 5.45. The fourth-order valence-electron chi connectivity index (χ4n) is 1.69. The molecule has 0 N–H and O–H groups in total. The Hall–Kier alpha value is -2.55. The van der Waals surface area contributed by atoms with Crippen molar-refractivity contribution in [2.75, 3.05) is 0 Å². The van der Waals surface area contributed by atoms with Gasteiger partial charge in [0.05, 0.1) is 11.6 Å². The second-order valence-corrected chi connectivity index (χ2v) is 3.87. The first-order chi connectivity index (χ1) is 9.39. The van der Waals surface area contributed by atoms with Crippen LogP contribution in [0.15, 0.2) is 42.5 Å². The van der Waals surface area contributed by atoms with Crippen LogP contribution in [-0.2, 0) is 0 Å². The molecule has 0 aromatic heterocycles. The van der Waals surface area contributed by atoms with E-state index in [2.05, 4.69) is 4.74 Å². The maximum absolute atomic E-state index is 12.8. The van der Waals surface area contributed by atoms with E-state index < -0.39 is 17.9 Å². The van der Waals surface area contributed by atoms with E-state index >= 15 is 0 Å². The van der Waals surface area contributed by atoms with Crippen LogP contribution in [0.1, 0.15) is 5.56 Å². The summed E-state index contributed by atoms with van der Waals surface area (Å²) in [6.07, 6.45) is -4.81. The van der Waals surface area contributed by atoms with Gasteiger partial charge in [-0.3, -0.25) is 0 Å². The number of nitriles is 1. The van der Waals surface area contributed by atoms with Gasteiger partial charge in [-0.25, -0.2) is 4.39 Å². The topological polar surface area (TPSA) is 33.0 Å².